The van der Waals surface area contributed by atoms with Crippen molar-refractivity contribution in [3.05, 3.63) is 35.6 Å². The summed E-state index contributed by atoms with van der Waals surface area (Å²) in [6, 6.07) is 5.91. The van der Waals surface area contributed by atoms with E-state index in [9.17, 15) is 14.0 Å². The predicted molar refractivity (Wildman–Crippen MR) is 86.0 cm³/mol. The molecule has 0 saturated carbocycles. The van der Waals surface area contributed by atoms with E-state index in [0.29, 0.717) is 32.5 Å². The molecule has 0 radical (unpaired) electrons. The summed E-state index contributed by atoms with van der Waals surface area (Å²) >= 11 is 0. The number of nitrogens with two attached hydrogens (primary N) is 1. The second kappa shape index (κ2) is 11.0. The van der Waals surface area contributed by atoms with Crippen LogP contribution < -0.4 is 11.1 Å². The lowest BCUT2D eigenvalue weighted by atomic mass is 10.2. The number of hydrogen-bond donors (Lipinski definition) is 2. The number of amides is 2. The lowest BCUT2D eigenvalue weighted by Gasteiger charge is -2.20. The summed E-state index contributed by atoms with van der Waals surface area (Å²) in [7, 11) is 0. The lowest BCUT2D eigenvalue weighted by molar-refractivity contribution is -0.136. The van der Waals surface area contributed by atoms with Crippen molar-refractivity contribution in [1.82, 2.24) is 10.2 Å². The second-order valence-electron chi connectivity index (χ2n) is 4.70. The SMILES string of the molecule is CCN(CC(=O)NCc1ccc(F)cc1)C(=O)CCCN.Cl. The largest absolute Gasteiger partial charge is 0.350 e. The van der Waals surface area contributed by atoms with Crippen molar-refractivity contribution in [3.8, 4) is 0 Å². The number of benzene rings is 1. The van der Waals surface area contributed by atoms with Gasteiger partial charge in [-0.05, 0) is 37.6 Å². The quantitative estimate of drug-likeness (QED) is 0.757. The first-order chi connectivity index (χ1) is 10.1. The molecule has 0 fully saturated rings. The smallest absolute Gasteiger partial charge is 0.239 e. The van der Waals surface area contributed by atoms with E-state index in [2.05, 4.69) is 5.32 Å². The van der Waals surface area contributed by atoms with Crippen molar-refractivity contribution in [3.63, 3.8) is 0 Å². The summed E-state index contributed by atoms with van der Waals surface area (Å²) in [5.74, 6) is -0.616. The Morgan fingerprint density at radius 1 is 1.27 bits per heavy atom. The van der Waals surface area contributed by atoms with Crippen LogP contribution in [0.4, 0.5) is 4.39 Å². The molecule has 0 heterocycles. The topological polar surface area (TPSA) is 75.4 Å². The number of nitrogens with zero attached hydrogens (tertiary/aromatic N) is 1. The van der Waals surface area contributed by atoms with Gasteiger partial charge in [-0.15, -0.1) is 12.4 Å². The second-order valence-corrected chi connectivity index (χ2v) is 4.70. The van der Waals surface area contributed by atoms with Gasteiger partial charge in [0.25, 0.3) is 0 Å². The van der Waals surface area contributed by atoms with E-state index < -0.39 is 0 Å². The molecule has 1 aromatic carbocycles. The summed E-state index contributed by atoms with van der Waals surface area (Å²) in [5, 5.41) is 2.71. The molecule has 0 aliphatic carbocycles. The molecule has 0 bridgehead atoms. The van der Waals surface area contributed by atoms with Crippen molar-refractivity contribution in [1.29, 1.82) is 0 Å². The number of likely N-dealkylation sites (N-methyl/N-ethyl adjacent to an activating group) is 1. The molecule has 5 nitrogen and oxygen atoms in total. The Bertz CT molecular complexity index is 468. The van der Waals surface area contributed by atoms with Gasteiger partial charge < -0.3 is 16.0 Å². The van der Waals surface area contributed by atoms with Crippen molar-refractivity contribution in [2.45, 2.75) is 26.3 Å². The molecule has 2 amide bonds. The standard InChI is InChI=1S/C15H22FN3O2.ClH/c1-2-19(15(21)4-3-9-17)11-14(20)18-10-12-5-7-13(16)8-6-12;/h5-8H,2-4,9-11,17H2,1H3,(H,18,20);1H. The van der Waals surface area contributed by atoms with Crippen molar-refractivity contribution in [2.75, 3.05) is 19.6 Å². The van der Waals surface area contributed by atoms with Crippen LogP contribution >= 0.6 is 12.4 Å². The van der Waals surface area contributed by atoms with Crippen LogP contribution in [0.3, 0.4) is 0 Å². The number of rotatable bonds is 8. The predicted octanol–water partition coefficient (Wildman–Crippen LogP) is 1.45. The highest BCUT2D eigenvalue weighted by Gasteiger charge is 2.14. The Labute approximate surface area is 136 Å². The maximum absolute atomic E-state index is 12.8. The normalized spacial score (nSPS) is 9.77. The number of carbonyl (C=O) groups excluding carboxylic acids is 2. The third-order valence-electron chi connectivity index (χ3n) is 3.07. The van der Waals surface area contributed by atoms with Crippen LogP contribution in [0, 0.1) is 5.82 Å². The van der Waals surface area contributed by atoms with E-state index >= 15 is 0 Å². The Morgan fingerprint density at radius 3 is 2.45 bits per heavy atom. The van der Waals surface area contributed by atoms with Crippen LogP contribution in [0.1, 0.15) is 25.3 Å². The van der Waals surface area contributed by atoms with E-state index in [1.807, 2.05) is 6.92 Å². The van der Waals surface area contributed by atoms with E-state index in [0.717, 1.165) is 5.56 Å². The van der Waals surface area contributed by atoms with Crippen molar-refractivity contribution in [2.24, 2.45) is 5.73 Å². The molecule has 7 heteroatoms. The van der Waals surface area contributed by atoms with Gasteiger partial charge in [0, 0.05) is 19.5 Å². The molecule has 0 atom stereocenters. The molecule has 0 unspecified atom stereocenters. The van der Waals surface area contributed by atoms with E-state index in [1.54, 1.807) is 12.1 Å². The van der Waals surface area contributed by atoms with E-state index in [-0.39, 0.29) is 36.6 Å². The van der Waals surface area contributed by atoms with Crippen LogP contribution in [0.2, 0.25) is 0 Å². The zero-order valence-corrected chi connectivity index (χ0v) is 13.5. The minimum atomic E-state index is -0.312. The number of halogens is 2. The summed E-state index contributed by atoms with van der Waals surface area (Å²) in [6.07, 6.45) is 0.974. The third-order valence-corrected chi connectivity index (χ3v) is 3.07. The molecule has 0 aliphatic rings. The summed E-state index contributed by atoms with van der Waals surface area (Å²) in [5.41, 5.74) is 6.17. The fourth-order valence-electron chi connectivity index (χ4n) is 1.82. The maximum Gasteiger partial charge on any atom is 0.239 e. The number of hydrogen-bond acceptors (Lipinski definition) is 3. The minimum absolute atomic E-state index is 0. The molecule has 0 aliphatic heterocycles. The zero-order valence-electron chi connectivity index (χ0n) is 12.7. The van der Waals surface area contributed by atoms with Crippen LogP contribution in [0.15, 0.2) is 24.3 Å². The molecule has 0 spiro atoms. The van der Waals surface area contributed by atoms with Crippen molar-refractivity contribution < 1.29 is 14.0 Å². The van der Waals surface area contributed by atoms with Crippen molar-refractivity contribution >= 4 is 24.2 Å². The van der Waals surface area contributed by atoms with Crippen LogP contribution in [0.5, 0.6) is 0 Å². The highest BCUT2D eigenvalue weighted by Crippen LogP contribution is 2.02. The Hall–Kier alpha value is -1.66. The fraction of sp³-hybridized carbons (Fsp3) is 0.467. The Morgan fingerprint density at radius 2 is 1.91 bits per heavy atom. The highest BCUT2D eigenvalue weighted by atomic mass is 35.5. The van der Waals surface area contributed by atoms with Gasteiger partial charge in [0.2, 0.25) is 11.8 Å². The summed E-state index contributed by atoms with van der Waals surface area (Å²) in [6.45, 7) is 3.11. The molecule has 1 aromatic rings. The molecule has 3 N–H and O–H groups in total. The van der Waals surface area contributed by atoms with E-state index in [4.69, 9.17) is 5.73 Å². The fourth-order valence-corrected chi connectivity index (χ4v) is 1.82. The average Bonchev–Trinajstić information content (AvgIpc) is 2.49. The molecule has 1 rings (SSSR count). The van der Waals surface area contributed by atoms with Crippen LogP contribution in [-0.4, -0.2) is 36.3 Å². The maximum atomic E-state index is 12.8. The number of nitrogens with one attached hydrogen (secondary N) is 1. The van der Waals surface area contributed by atoms with Gasteiger partial charge >= 0.3 is 0 Å². The Balaban J connectivity index is 0.00000441. The van der Waals surface area contributed by atoms with Gasteiger partial charge in [-0.25, -0.2) is 4.39 Å². The molecular weight excluding hydrogens is 309 g/mol. The number of carbonyl (C=O) groups is 2. The average molecular weight is 332 g/mol. The first-order valence-corrected chi connectivity index (χ1v) is 7.05. The van der Waals surface area contributed by atoms with Gasteiger partial charge in [-0.2, -0.15) is 0 Å². The van der Waals surface area contributed by atoms with Gasteiger partial charge in [-0.3, -0.25) is 9.59 Å². The highest BCUT2D eigenvalue weighted by molar-refractivity contribution is 5.85. The zero-order chi connectivity index (χ0) is 15.7. The monoisotopic (exact) mass is 331 g/mol. The minimum Gasteiger partial charge on any atom is -0.350 e. The third kappa shape index (κ3) is 7.38. The molecule has 124 valence electrons. The molecule has 0 aromatic heterocycles. The van der Waals surface area contributed by atoms with Gasteiger partial charge in [0.1, 0.15) is 5.82 Å². The van der Waals surface area contributed by atoms with Gasteiger partial charge in [-0.1, -0.05) is 12.1 Å². The van der Waals surface area contributed by atoms with E-state index in [1.165, 1.54) is 17.0 Å². The Kier molecular flexibility index (Phi) is 10.2. The first-order valence-electron chi connectivity index (χ1n) is 7.05. The summed E-state index contributed by atoms with van der Waals surface area (Å²) in [4.78, 5) is 25.2. The molecule has 22 heavy (non-hydrogen) atoms. The molecular formula is C15H23ClFN3O2. The van der Waals surface area contributed by atoms with Gasteiger partial charge in [0.15, 0.2) is 0 Å². The van der Waals surface area contributed by atoms with Gasteiger partial charge in [0.05, 0.1) is 6.54 Å². The lowest BCUT2D eigenvalue weighted by Crippen LogP contribution is -2.40. The van der Waals surface area contributed by atoms with Crippen LogP contribution in [0.25, 0.3) is 0 Å². The molecule has 0 saturated heterocycles. The summed E-state index contributed by atoms with van der Waals surface area (Å²) < 4.78 is 12.8. The first kappa shape index (κ1) is 20.3. The van der Waals surface area contributed by atoms with Crippen LogP contribution in [-0.2, 0) is 16.1 Å².